The third kappa shape index (κ3) is 2.11. The fourth-order valence-corrected chi connectivity index (χ4v) is 0.573. The molecule has 0 heterocycles. The van der Waals surface area contributed by atoms with Gasteiger partial charge in [-0.3, -0.25) is 4.57 Å². The monoisotopic (exact) mass is 163 g/mol. The van der Waals surface area contributed by atoms with Gasteiger partial charge in [-0.25, -0.2) is 0 Å². The summed E-state index contributed by atoms with van der Waals surface area (Å²) in [5.74, 6) is 0. The second-order valence-electron chi connectivity index (χ2n) is 2.69. The van der Waals surface area contributed by atoms with E-state index in [2.05, 4.69) is 0 Å². The van der Waals surface area contributed by atoms with Gasteiger partial charge in [0.1, 0.15) is 0 Å². The third-order valence-electron chi connectivity index (χ3n) is 1.30. The van der Waals surface area contributed by atoms with E-state index in [0.29, 0.717) is 0 Å². The maximum atomic E-state index is 10.6. The lowest BCUT2D eigenvalue weighted by Gasteiger charge is -2.21. The Balaban J connectivity index is 4.45. The van der Waals surface area contributed by atoms with Crippen molar-refractivity contribution in [3.63, 3.8) is 0 Å². The molecule has 0 aromatic heterocycles. The van der Waals surface area contributed by atoms with Gasteiger partial charge in [-0.05, 0) is 13.8 Å². The molecule has 4 nitrogen and oxygen atoms in total. The molecule has 0 radical (unpaired) electrons. The molecule has 0 saturated heterocycles. The van der Waals surface area contributed by atoms with Crippen molar-refractivity contribution in [1.82, 2.24) is 0 Å². The van der Waals surface area contributed by atoms with E-state index in [4.69, 9.17) is 15.0 Å². The average molecular weight is 163 g/mol. The summed E-state index contributed by atoms with van der Waals surface area (Å²) in [7, 11) is -4.11. The minimum Gasteiger partial charge on any atom is -0.324 e. The molecule has 0 aromatic rings. The van der Waals surface area contributed by atoms with E-state index in [9.17, 15) is 4.57 Å². The zero-order valence-electron chi connectivity index (χ0n) is 5.90. The molecule has 0 rings (SSSR count). The van der Waals surface area contributed by atoms with Crippen molar-refractivity contribution in [3.05, 3.63) is 0 Å². The maximum absolute atomic E-state index is 10.6. The van der Waals surface area contributed by atoms with Crippen LogP contribution in [-0.4, -0.2) is 14.9 Å². The summed E-state index contributed by atoms with van der Waals surface area (Å²) in [5.41, 5.74) is 0. The highest BCUT2D eigenvalue weighted by Crippen LogP contribution is 2.51. The Morgan fingerprint density at radius 2 is 2.00 bits per heavy atom. The summed E-state index contributed by atoms with van der Waals surface area (Å²) in [6.45, 7) is 2.74. The van der Waals surface area contributed by atoms with E-state index < -0.39 is 12.8 Å². The first-order chi connectivity index (χ1) is 4.31. The van der Waals surface area contributed by atoms with Gasteiger partial charge in [-0.15, -0.1) is 0 Å². The van der Waals surface area contributed by atoms with Crippen LogP contribution in [0, 0.1) is 11.3 Å². The van der Waals surface area contributed by atoms with Crippen LogP contribution in [0.4, 0.5) is 0 Å². The summed E-state index contributed by atoms with van der Waals surface area (Å²) < 4.78 is 10.6. The van der Waals surface area contributed by atoms with E-state index in [0.717, 1.165) is 0 Å². The molecular weight excluding hydrogens is 153 g/mol. The van der Waals surface area contributed by atoms with E-state index in [1.807, 2.05) is 0 Å². The number of rotatable bonds is 2. The molecule has 0 amide bonds. The summed E-state index contributed by atoms with van der Waals surface area (Å²) in [4.78, 5) is 17.3. The fourth-order valence-electron chi connectivity index (χ4n) is 0.296. The second-order valence-corrected chi connectivity index (χ2v) is 4.99. The Morgan fingerprint density at radius 1 is 1.60 bits per heavy atom. The van der Waals surface area contributed by atoms with Gasteiger partial charge in [-0.2, -0.15) is 5.26 Å². The average Bonchev–Trinajstić information content (AvgIpc) is 1.61. The number of hydrogen-bond donors (Lipinski definition) is 2. The standard InChI is InChI=1S/C5H10NO3P/c1-5(2,3-4-6)10(7,8)9/h3H2,1-2H3,(H2,7,8,9). The van der Waals surface area contributed by atoms with Crippen LogP contribution in [0.2, 0.25) is 0 Å². The highest BCUT2D eigenvalue weighted by molar-refractivity contribution is 7.53. The van der Waals surface area contributed by atoms with Gasteiger partial charge in [0.2, 0.25) is 0 Å². The molecule has 10 heavy (non-hydrogen) atoms. The summed E-state index contributed by atoms with van der Waals surface area (Å²) >= 11 is 0. The van der Waals surface area contributed by atoms with Crippen molar-refractivity contribution in [2.75, 3.05) is 0 Å². The van der Waals surface area contributed by atoms with Crippen molar-refractivity contribution < 1.29 is 14.4 Å². The van der Waals surface area contributed by atoms with Crippen LogP contribution < -0.4 is 0 Å². The fraction of sp³-hybridized carbons (Fsp3) is 0.800. The summed E-state index contributed by atoms with van der Waals surface area (Å²) in [6.07, 6.45) is -0.128. The van der Waals surface area contributed by atoms with Gasteiger partial charge in [0.25, 0.3) is 0 Å². The van der Waals surface area contributed by atoms with E-state index >= 15 is 0 Å². The van der Waals surface area contributed by atoms with E-state index in [1.165, 1.54) is 13.8 Å². The SMILES string of the molecule is CC(C)(CC#N)P(=O)(O)O. The van der Waals surface area contributed by atoms with Crippen LogP contribution >= 0.6 is 7.60 Å². The highest BCUT2D eigenvalue weighted by atomic mass is 31.2. The maximum Gasteiger partial charge on any atom is 0.332 e. The quantitative estimate of drug-likeness (QED) is 0.591. The predicted octanol–water partition coefficient (Wildman–Crippen LogP) is 0.856. The van der Waals surface area contributed by atoms with Crippen molar-refractivity contribution in [1.29, 1.82) is 5.26 Å². The Hall–Kier alpha value is -0.360. The van der Waals surface area contributed by atoms with Gasteiger partial charge in [-0.1, -0.05) is 0 Å². The lowest BCUT2D eigenvalue weighted by atomic mass is 10.1. The Morgan fingerprint density at radius 3 is 2.10 bits per heavy atom. The van der Waals surface area contributed by atoms with Crippen LogP contribution in [0.5, 0.6) is 0 Å². The topological polar surface area (TPSA) is 81.3 Å². The molecule has 0 aliphatic carbocycles. The third-order valence-corrected chi connectivity index (χ3v) is 3.04. The second kappa shape index (κ2) is 2.71. The van der Waals surface area contributed by atoms with Gasteiger partial charge < -0.3 is 9.79 Å². The van der Waals surface area contributed by atoms with Gasteiger partial charge >= 0.3 is 7.60 Å². The molecule has 0 spiro atoms. The number of nitriles is 1. The predicted molar refractivity (Wildman–Crippen MR) is 36.4 cm³/mol. The van der Waals surface area contributed by atoms with Crippen molar-refractivity contribution in [3.8, 4) is 6.07 Å². The van der Waals surface area contributed by atoms with Crippen molar-refractivity contribution >= 4 is 7.60 Å². The first kappa shape index (κ1) is 9.64. The smallest absolute Gasteiger partial charge is 0.324 e. The zero-order valence-corrected chi connectivity index (χ0v) is 6.80. The lowest BCUT2D eigenvalue weighted by molar-refractivity contribution is 0.337. The summed E-state index contributed by atoms with van der Waals surface area (Å²) in [6, 6.07) is 1.72. The first-order valence-corrected chi connectivity index (χ1v) is 4.35. The largest absolute Gasteiger partial charge is 0.332 e. The normalized spacial score (nSPS) is 12.7. The lowest BCUT2D eigenvalue weighted by Crippen LogP contribution is -2.18. The minimum atomic E-state index is -4.11. The Kier molecular flexibility index (Phi) is 2.61. The van der Waals surface area contributed by atoms with Crippen LogP contribution in [-0.2, 0) is 4.57 Å². The number of hydrogen-bond acceptors (Lipinski definition) is 2. The Bertz CT molecular complexity index is 199. The number of nitrogens with zero attached hydrogens (tertiary/aromatic N) is 1. The molecule has 0 aromatic carbocycles. The van der Waals surface area contributed by atoms with Crippen molar-refractivity contribution in [2.24, 2.45) is 0 Å². The molecule has 0 bridgehead atoms. The minimum absolute atomic E-state index is 0.128. The van der Waals surface area contributed by atoms with Gasteiger partial charge in [0.15, 0.2) is 0 Å². The molecule has 58 valence electrons. The molecular formula is C5H10NO3P. The van der Waals surface area contributed by atoms with Gasteiger partial charge in [0, 0.05) is 0 Å². The van der Waals surface area contributed by atoms with Crippen LogP contribution in [0.15, 0.2) is 0 Å². The molecule has 0 fully saturated rings. The summed E-state index contributed by atoms with van der Waals surface area (Å²) in [5, 5.41) is 6.97. The van der Waals surface area contributed by atoms with E-state index in [-0.39, 0.29) is 6.42 Å². The molecule has 0 atom stereocenters. The molecule has 5 heteroatoms. The zero-order chi connectivity index (χ0) is 8.41. The van der Waals surface area contributed by atoms with Gasteiger partial charge in [0.05, 0.1) is 17.6 Å². The van der Waals surface area contributed by atoms with Crippen molar-refractivity contribution in [2.45, 2.75) is 25.4 Å². The molecule has 0 unspecified atom stereocenters. The first-order valence-electron chi connectivity index (χ1n) is 2.74. The molecule has 0 aliphatic heterocycles. The Labute approximate surface area is 59.6 Å². The highest BCUT2D eigenvalue weighted by Gasteiger charge is 2.37. The molecule has 0 aliphatic rings. The van der Waals surface area contributed by atoms with E-state index in [1.54, 1.807) is 6.07 Å². The molecule has 2 N–H and O–H groups in total. The van der Waals surface area contributed by atoms with Crippen LogP contribution in [0.3, 0.4) is 0 Å². The van der Waals surface area contributed by atoms with Crippen LogP contribution in [0.25, 0.3) is 0 Å². The molecule has 0 saturated carbocycles. The van der Waals surface area contributed by atoms with Crippen LogP contribution in [0.1, 0.15) is 20.3 Å².